The van der Waals surface area contributed by atoms with Gasteiger partial charge in [0.1, 0.15) is 0 Å². The van der Waals surface area contributed by atoms with E-state index in [2.05, 4.69) is 15.1 Å². The van der Waals surface area contributed by atoms with Crippen molar-refractivity contribution < 1.29 is 0 Å². The molecule has 4 nitrogen and oxygen atoms in total. The van der Waals surface area contributed by atoms with Crippen molar-refractivity contribution in [3.8, 4) is 0 Å². The maximum atomic E-state index is 5.04. The average molecular weight is 172 g/mol. The molecule has 0 aliphatic rings. The smallest absolute Gasteiger partial charge is 0.0893 e. The summed E-state index contributed by atoms with van der Waals surface area (Å²) in [6, 6.07) is 5.67. The first-order valence-corrected chi connectivity index (χ1v) is 3.84. The summed E-state index contributed by atoms with van der Waals surface area (Å²) in [7, 11) is 0. The molecule has 0 radical (unpaired) electrons. The van der Waals surface area contributed by atoms with Gasteiger partial charge < -0.3 is 5.84 Å². The van der Waals surface area contributed by atoms with Crippen LogP contribution in [0.25, 0.3) is 11.0 Å². The van der Waals surface area contributed by atoms with Crippen molar-refractivity contribution in [1.82, 2.24) is 9.97 Å². The third-order valence-corrected chi connectivity index (χ3v) is 1.72. The van der Waals surface area contributed by atoms with Crippen molar-refractivity contribution in [2.24, 2.45) is 10.9 Å². The minimum absolute atomic E-state index is 0.847. The first-order chi connectivity index (χ1) is 6.40. The van der Waals surface area contributed by atoms with Crippen molar-refractivity contribution in [2.45, 2.75) is 0 Å². The Kier molecular flexibility index (Phi) is 1.88. The maximum absolute atomic E-state index is 5.04. The van der Waals surface area contributed by atoms with E-state index in [1.54, 1.807) is 18.6 Å². The molecule has 1 heterocycles. The molecule has 4 heteroatoms. The van der Waals surface area contributed by atoms with Gasteiger partial charge in [-0.2, -0.15) is 5.10 Å². The van der Waals surface area contributed by atoms with Crippen molar-refractivity contribution in [3.05, 3.63) is 36.2 Å². The van der Waals surface area contributed by atoms with Crippen LogP contribution in [0.5, 0.6) is 0 Å². The Hall–Kier alpha value is -1.97. The van der Waals surface area contributed by atoms with Crippen LogP contribution in [0.3, 0.4) is 0 Å². The number of hydrogen-bond donors (Lipinski definition) is 1. The minimum atomic E-state index is 0.847. The van der Waals surface area contributed by atoms with Gasteiger partial charge in [-0.1, -0.05) is 6.07 Å². The lowest BCUT2D eigenvalue weighted by Gasteiger charge is -1.95. The molecule has 0 aliphatic heterocycles. The lowest BCUT2D eigenvalue weighted by molar-refractivity contribution is 1.26. The molecular weight excluding hydrogens is 164 g/mol. The normalized spacial score (nSPS) is 11.1. The zero-order valence-electron chi connectivity index (χ0n) is 6.88. The summed E-state index contributed by atoms with van der Waals surface area (Å²) in [5.41, 5.74) is 2.65. The maximum Gasteiger partial charge on any atom is 0.0893 e. The molecule has 0 saturated carbocycles. The Bertz CT molecular complexity index is 450. The lowest BCUT2D eigenvalue weighted by Crippen LogP contribution is -1.88. The Morgan fingerprint density at radius 1 is 1.15 bits per heavy atom. The topological polar surface area (TPSA) is 64.2 Å². The van der Waals surface area contributed by atoms with E-state index in [9.17, 15) is 0 Å². The Morgan fingerprint density at radius 2 is 1.92 bits per heavy atom. The number of hydrogen-bond acceptors (Lipinski definition) is 4. The van der Waals surface area contributed by atoms with Crippen LogP contribution in [0, 0.1) is 0 Å². The van der Waals surface area contributed by atoms with Crippen molar-refractivity contribution >= 4 is 17.2 Å². The van der Waals surface area contributed by atoms with Crippen LogP contribution in [0.1, 0.15) is 5.56 Å². The summed E-state index contributed by atoms with van der Waals surface area (Å²) in [4.78, 5) is 8.30. The van der Waals surface area contributed by atoms with E-state index in [0.717, 1.165) is 16.6 Å². The van der Waals surface area contributed by atoms with E-state index >= 15 is 0 Å². The molecule has 0 atom stereocenters. The largest absolute Gasteiger partial charge is 0.323 e. The van der Waals surface area contributed by atoms with Gasteiger partial charge in [0.25, 0.3) is 0 Å². The fourth-order valence-electron chi connectivity index (χ4n) is 1.15. The summed E-state index contributed by atoms with van der Waals surface area (Å²) in [6.45, 7) is 0. The fraction of sp³-hybridized carbons (Fsp3) is 0. The summed E-state index contributed by atoms with van der Waals surface area (Å²) in [5.74, 6) is 5.04. The average Bonchev–Trinajstić information content (AvgIpc) is 2.18. The van der Waals surface area contributed by atoms with Gasteiger partial charge in [0.2, 0.25) is 0 Å². The molecule has 0 unspecified atom stereocenters. The summed E-state index contributed by atoms with van der Waals surface area (Å²) in [6.07, 6.45) is 4.90. The molecule has 1 aromatic heterocycles. The van der Waals surface area contributed by atoms with Gasteiger partial charge in [-0.25, -0.2) is 0 Å². The van der Waals surface area contributed by atoms with Crippen molar-refractivity contribution in [2.75, 3.05) is 0 Å². The number of benzene rings is 1. The quantitative estimate of drug-likeness (QED) is 0.395. The third-order valence-electron chi connectivity index (χ3n) is 1.72. The van der Waals surface area contributed by atoms with Crippen LogP contribution in [0.15, 0.2) is 35.7 Å². The van der Waals surface area contributed by atoms with E-state index in [4.69, 9.17) is 5.84 Å². The van der Waals surface area contributed by atoms with Gasteiger partial charge in [0.15, 0.2) is 0 Å². The second kappa shape index (κ2) is 3.18. The highest BCUT2D eigenvalue weighted by Gasteiger charge is 1.94. The molecule has 64 valence electrons. The first kappa shape index (κ1) is 7.67. The molecular formula is C9H8N4. The number of nitrogens with zero attached hydrogens (tertiary/aromatic N) is 3. The molecule has 0 amide bonds. The predicted molar refractivity (Wildman–Crippen MR) is 51.3 cm³/mol. The van der Waals surface area contributed by atoms with Crippen LogP contribution in [-0.2, 0) is 0 Å². The standard InChI is InChI=1S/C9H8N4/c10-13-6-7-1-2-8-9(5-7)12-4-3-11-8/h1-6H,10H2/b13-6+. The van der Waals surface area contributed by atoms with Gasteiger partial charge in [-0.15, -0.1) is 0 Å². The van der Waals surface area contributed by atoms with Crippen molar-refractivity contribution in [3.63, 3.8) is 0 Å². The van der Waals surface area contributed by atoms with Crippen LogP contribution in [0.4, 0.5) is 0 Å². The summed E-state index contributed by atoms with van der Waals surface area (Å²) < 4.78 is 0. The van der Waals surface area contributed by atoms with Gasteiger partial charge in [-0.3, -0.25) is 9.97 Å². The fourth-order valence-corrected chi connectivity index (χ4v) is 1.15. The zero-order chi connectivity index (χ0) is 9.10. The highest BCUT2D eigenvalue weighted by atomic mass is 15.1. The second-order valence-corrected chi connectivity index (χ2v) is 2.58. The van der Waals surface area contributed by atoms with Gasteiger partial charge >= 0.3 is 0 Å². The number of rotatable bonds is 1. The summed E-state index contributed by atoms with van der Waals surface area (Å²) in [5, 5.41) is 3.44. The van der Waals surface area contributed by atoms with Crippen LogP contribution in [-0.4, -0.2) is 16.2 Å². The second-order valence-electron chi connectivity index (χ2n) is 2.58. The molecule has 0 spiro atoms. The SMILES string of the molecule is N/N=C/c1ccc2nccnc2c1. The highest BCUT2D eigenvalue weighted by molar-refractivity contribution is 5.86. The number of nitrogens with two attached hydrogens (primary N) is 1. The lowest BCUT2D eigenvalue weighted by atomic mass is 10.2. The molecule has 0 saturated heterocycles. The minimum Gasteiger partial charge on any atom is -0.323 e. The molecule has 2 rings (SSSR count). The number of fused-ring (bicyclic) bond motifs is 1. The molecule has 0 bridgehead atoms. The molecule has 0 fully saturated rings. The van der Waals surface area contributed by atoms with E-state index in [0.29, 0.717) is 0 Å². The van der Waals surface area contributed by atoms with E-state index in [1.807, 2.05) is 18.2 Å². The van der Waals surface area contributed by atoms with Crippen LogP contribution >= 0.6 is 0 Å². The Labute approximate surface area is 75.1 Å². The third kappa shape index (κ3) is 1.46. The first-order valence-electron chi connectivity index (χ1n) is 3.84. The summed E-state index contributed by atoms with van der Waals surface area (Å²) >= 11 is 0. The zero-order valence-corrected chi connectivity index (χ0v) is 6.88. The molecule has 2 aromatic rings. The molecule has 1 aromatic carbocycles. The molecule has 2 N–H and O–H groups in total. The number of hydrazone groups is 1. The van der Waals surface area contributed by atoms with E-state index in [-0.39, 0.29) is 0 Å². The highest BCUT2D eigenvalue weighted by Crippen LogP contribution is 2.08. The van der Waals surface area contributed by atoms with E-state index < -0.39 is 0 Å². The van der Waals surface area contributed by atoms with Crippen molar-refractivity contribution in [1.29, 1.82) is 0 Å². The van der Waals surface area contributed by atoms with Gasteiger partial charge in [0.05, 0.1) is 17.2 Å². The Balaban J connectivity index is 2.62. The molecule has 13 heavy (non-hydrogen) atoms. The monoisotopic (exact) mass is 172 g/mol. The van der Waals surface area contributed by atoms with Gasteiger partial charge in [0, 0.05) is 12.4 Å². The predicted octanol–water partition coefficient (Wildman–Crippen LogP) is 0.922. The Morgan fingerprint density at radius 3 is 2.69 bits per heavy atom. The van der Waals surface area contributed by atoms with Gasteiger partial charge in [-0.05, 0) is 17.7 Å². The van der Waals surface area contributed by atoms with Crippen LogP contribution in [0.2, 0.25) is 0 Å². The molecule has 0 aliphatic carbocycles. The van der Waals surface area contributed by atoms with E-state index in [1.165, 1.54) is 0 Å². The van der Waals surface area contributed by atoms with Crippen LogP contribution < -0.4 is 5.84 Å². The number of aromatic nitrogens is 2.